The molecule has 1 aromatic rings. The Morgan fingerprint density at radius 3 is 2.65 bits per heavy atom. The van der Waals surface area contributed by atoms with E-state index in [0.29, 0.717) is 12.1 Å². The number of benzene rings is 1. The fourth-order valence-electron chi connectivity index (χ4n) is 2.76. The quantitative estimate of drug-likeness (QED) is 0.862. The standard InChI is InChI=1S/C15H24N2/c1-4-17(14-10-9-13(3)16-11-14)15-8-6-5-7-12(15)2/h5-8,13-14,16H,4,9-11H2,1-3H3. The van der Waals surface area contributed by atoms with Crippen LogP contribution < -0.4 is 10.2 Å². The molecule has 1 heterocycles. The molecule has 0 saturated carbocycles. The summed E-state index contributed by atoms with van der Waals surface area (Å²) in [4.78, 5) is 2.55. The predicted molar refractivity (Wildman–Crippen MR) is 74.7 cm³/mol. The molecule has 17 heavy (non-hydrogen) atoms. The van der Waals surface area contributed by atoms with E-state index >= 15 is 0 Å². The van der Waals surface area contributed by atoms with E-state index < -0.39 is 0 Å². The van der Waals surface area contributed by atoms with Crippen molar-refractivity contribution in [1.82, 2.24) is 5.32 Å². The monoisotopic (exact) mass is 232 g/mol. The lowest BCUT2D eigenvalue weighted by molar-refractivity contribution is 0.370. The molecule has 0 aromatic heterocycles. The third kappa shape index (κ3) is 2.81. The zero-order valence-corrected chi connectivity index (χ0v) is 11.2. The van der Waals surface area contributed by atoms with Gasteiger partial charge in [-0.3, -0.25) is 0 Å². The molecule has 1 aliphatic heterocycles. The molecule has 2 nitrogen and oxygen atoms in total. The molecule has 1 aliphatic rings. The number of likely N-dealkylation sites (N-methyl/N-ethyl adjacent to an activating group) is 1. The average Bonchev–Trinajstić information content (AvgIpc) is 2.35. The van der Waals surface area contributed by atoms with E-state index in [4.69, 9.17) is 0 Å². The number of piperidine rings is 1. The second-order valence-corrected chi connectivity index (χ2v) is 5.11. The second-order valence-electron chi connectivity index (χ2n) is 5.11. The maximum atomic E-state index is 3.59. The Morgan fingerprint density at radius 2 is 2.06 bits per heavy atom. The molecule has 0 aliphatic carbocycles. The van der Waals surface area contributed by atoms with Gasteiger partial charge in [-0.15, -0.1) is 0 Å². The van der Waals surface area contributed by atoms with Crippen molar-refractivity contribution in [3.63, 3.8) is 0 Å². The van der Waals surface area contributed by atoms with Gasteiger partial charge in [0.2, 0.25) is 0 Å². The largest absolute Gasteiger partial charge is 0.367 e. The number of anilines is 1. The van der Waals surface area contributed by atoms with Crippen LogP contribution in [-0.2, 0) is 0 Å². The van der Waals surface area contributed by atoms with E-state index in [1.807, 2.05) is 0 Å². The molecule has 1 saturated heterocycles. The lowest BCUT2D eigenvalue weighted by Gasteiger charge is -2.38. The number of para-hydroxylation sites is 1. The number of aryl methyl sites for hydroxylation is 1. The molecule has 2 heteroatoms. The summed E-state index contributed by atoms with van der Waals surface area (Å²) < 4.78 is 0. The van der Waals surface area contributed by atoms with Crippen molar-refractivity contribution >= 4 is 5.69 Å². The molecule has 0 bridgehead atoms. The Balaban J connectivity index is 2.14. The van der Waals surface area contributed by atoms with Crippen molar-refractivity contribution < 1.29 is 0 Å². The Bertz CT molecular complexity index is 354. The molecule has 2 rings (SSSR count). The Labute approximate surface area is 105 Å². The summed E-state index contributed by atoms with van der Waals surface area (Å²) in [6, 6.07) is 10.0. The summed E-state index contributed by atoms with van der Waals surface area (Å²) in [7, 11) is 0. The highest BCUT2D eigenvalue weighted by Crippen LogP contribution is 2.24. The van der Waals surface area contributed by atoms with Crippen molar-refractivity contribution in [2.75, 3.05) is 18.0 Å². The lowest BCUT2D eigenvalue weighted by atomic mass is 9.99. The zero-order valence-electron chi connectivity index (χ0n) is 11.2. The summed E-state index contributed by atoms with van der Waals surface area (Å²) in [5.74, 6) is 0. The van der Waals surface area contributed by atoms with Gasteiger partial charge in [-0.25, -0.2) is 0 Å². The van der Waals surface area contributed by atoms with Gasteiger partial charge in [0.05, 0.1) is 0 Å². The number of nitrogens with one attached hydrogen (secondary N) is 1. The molecule has 2 unspecified atom stereocenters. The molecule has 1 N–H and O–H groups in total. The van der Waals surface area contributed by atoms with Gasteiger partial charge in [0.1, 0.15) is 0 Å². The van der Waals surface area contributed by atoms with Gasteiger partial charge in [-0.2, -0.15) is 0 Å². The lowest BCUT2D eigenvalue weighted by Crippen LogP contribution is -2.49. The molecule has 0 spiro atoms. The second kappa shape index (κ2) is 5.54. The smallest absolute Gasteiger partial charge is 0.0415 e. The van der Waals surface area contributed by atoms with Crippen molar-refractivity contribution in [3.8, 4) is 0 Å². The van der Waals surface area contributed by atoms with Gasteiger partial charge in [0, 0.05) is 30.9 Å². The maximum Gasteiger partial charge on any atom is 0.0415 e. The molecular weight excluding hydrogens is 208 g/mol. The summed E-state index contributed by atoms with van der Waals surface area (Å²) in [5, 5.41) is 3.59. The highest BCUT2D eigenvalue weighted by Gasteiger charge is 2.23. The molecular formula is C15H24N2. The van der Waals surface area contributed by atoms with E-state index in [-0.39, 0.29) is 0 Å². The molecule has 1 fully saturated rings. The van der Waals surface area contributed by atoms with Crippen LogP contribution >= 0.6 is 0 Å². The number of rotatable bonds is 3. The van der Waals surface area contributed by atoms with Crippen molar-refractivity contribution in [3.05, 3.63) is 29.8 Å². The van der Waals surface area contributed by atoms with Crippen molar-refractivity contribution in [2.24, 2.45) is 0 Å². The van der Waals surface area contributed by atoms with Crippen LogP contribution in [0.2, 0.25) is 0 Å². The van der Waals surface area contributed by atoms with Crippen LogP contribution in [0.5, 0.6) is 0 Å². The minimum Gasteiger partial charge on any atom is -0.367 e. The fourth-order valence-corrected chi connectivity index (χ4v) is 2.76. The van der Waals surface area contributed by atoms with Crippen molar-refractivity contribution in [2.45, 2.75) is 45.7 Å². The summed E-state index contributed by atoms with van der Waals surface area (Å²) in [6.07, 6.45) is 2.59. The Kier molecular flexibility index (Phi) is 4.06. The first-order chi connectivity index (χ1) is 8.22. The molecule has 0 radical (unpaired) electrons. The van der Waals surface area contributed by atoms with E-state index in [0.717, 1.165) is 13.1 Å². The van der Waals surface area contributed by atoms with Crippen LogP contribution in [0, 0.1) is 6.92 Å². The maximum absolute atomic E-state index is 3.59. The van der Waals surface area contributed by atoms with Crippen LogP contribution in [0.3, 0.4) is 0 Å². The molecule has 1 aromatic carbocycles. The van der Waals surface area contributed by atoms with Gasteiger partial charge in [0.15, 0.2) is 0 Å². The van der Waals surface area contributed by atoms with E-state index in [1.54, 1.807) is 0 Å². The Morgan fingerprint density at radius 1 is 1.29 bits per heavy atom. The Hall–Kier alpha value is -1.02. The summed E-state index contributed by atoms with van der Waals surface area (Å²) >= 11 is 0. The first-order valence-electron chi connectivity index (χ1n) is 6.78. The predicted octanol–water partition coefficient (Wildman–Crippen LogP) is 2.96. The molecule has 0 amide bonds. The van der Waals surface area contributed by atoms with Gasteiger partial charge in [-0.1, -0.05) is 18.2 Å². The first kappa shape index (κ1) is 12.4. The van der Waals surface area contributed by atoms with Crippen LogP contribution in [0.1, 0.15) is 32.3 Å². The fraction of sp³-hybridized carbons (Fsp3) is 0.600. The SMILES string of the molecule is CCN(c1ccccc1C)C1CCC(C)NC1. The van der Waals surface area contributed by atoms with Crippen LogP contribution in [-0.4, -0.2) is 25.2 Å². The topological polar surface area (TPSA) is 15.3 Å². The average molecular weight is 232 g/mol. The molecule has 94 valence electrons. The first-order valence-corrected chi connectivity index (χ1v) is 6.78. The van der Waals surface area contributed by atoms with Crippen molar-refractivity contribution in [1.29, 1.82) is 0 Å². The molecule has 2 atom stereocenters. The summed E-state index contributed by atoms with van der Waals surface area (Å²) in [6.45, 7) is 8.94. The van der Waals surface area contributed by atoms with Crippen LogP contribution in [0.4, 0.5) is 5.69 Å². The van der Waals surface area contributed by atoms with E-state index in [1.165, 1.54) is 24.1 Å². The van der Waals surface area contributed by atoms with E-state index in [9.17, 15) is 0 Å². The number of nitrogens with zero attached hydrogens (tertiary/aromatic N) is 1. The number of hydrogen-bond acceptors (Lipinski definition) is 2. The van der Waals surface area contributed by atoms with Gasteiger partial charge in [0.25, 0.3) is 0 Å². The minimum atomic E-state index is 0.650. The zero-order chi connectivity index (χ0) is 12.3. The van der Waals surface area contributed by atoms with Crippen LogP contribution in [0.25, 0.3) is 0 Å². The third-order valence-corrected chi connectivity index (χ3v) is 3.84. The van der Waals surface area contributed by atoms with Gasteiger partial charge >= 0.3 is 0 Å². The number of hydrogen-bond donors (Lipinski definition) is 1. The highest BCUT2D eigenvalue weighted by atomic mass is 15.2. The summed E-state index contributed by atoms with van der Waals surface area (Å²) in [5.41, 5.74) is 2.78. The third-order valence-electron chi connectivity index (χ3n) is 3.84. The van der Waals surface area contributed by atoms with Gasteiger partial charge < -0.3 is 10.2 Å². The van der Waals surface area contributed by atoms with Crippen LogP contribution in [0.15, 0.2) is 24.3 Å². The van der Waals surface area contributed by atoms with Gasteiger partial charge in [-0.05, 0) is 45.2 Å². The van der Waals surface area contributed by atoms with E-state index in [2.05, 4.69) is 55.3 Å². The highest BCUT2D eigenvalue weighted by molar-refractivity contribution is 5.53. The normalized spacial score (nSPS) is 24.6. The minimum absolute atomic E-state index is 0.650.